The summed E-state index contributed by atoms with van der Waals surface area (Å²) >= 11 is 5.99. The molecule has 0 fully saturated rings. The van der Waals surface area contributed by atoms with Crippen molar-refractivity contribution in [3.63, 3.8) is 0 Å². The van der Waals surface area contributed by atoms with Crippen LogP contribution in [0.2, 0.25) is 5.02 Å². The fraction of sp³-hybridized carbons (Fsp3) is 0.0667. The Morgan fingerprint density at radius 1 is 1.25 bits per heavy atom. The van der Waals surface area contributed by atoms with E-state index in [0.717, 1.165) is 22.3 Å². The Bertz CT molecular complexity index is 807. The van der Waals surface area contributed by atoms with Crippen molar-refractivity contribution in [2.24, 2.45) is 7.05 Å². The van der Waals surface area contributed by atoms with Crippen LogP contribution in [-0.2, 0) is 7.05 Å². The van der Waals surface area contributed by atoms with Crippen molar-refractivity contribution >= 4 is 28.5 Å². The molecule has 2 aromatic heterocycles. The lowest BCUT2D eigenvalue weighted by Crippen LogP contribution is -1.98. The number of nitrogens with zero attached hydrogens (tertiary/aromatic N) is 2. The van der Waals surface area contributed by atoms with Gasteiger partial charge in [0.1, 0.15) is 0 Å². The Morgan fingerprint density at radius 3 is 2.70 bits per heavy atom. The fourth-order valence-corrected chi connectivity index (χ4v) is 2.42. The summed E-state index contributed by atoms with van der Waals surface area (Å²) in [7, 11) is 1.94. The van der Waals surface area contributed by atoms with Crippen LogP contribution >= 0.6 is 11.6 Å². The number of carboxylic acid groups (broad SMARTS) is 1. The highest BCUT2D eigenvalue weighted by atomic mass is 35.5. The van der Waals surface area contributed by atoms with Crippen LogP contribution < -0.4 is 0 Å². The minimum Gasteiger partial charge on any atom is -0.478 e. The molecule has 3 rings (SSSR count). The largest absolute Gasteiger partial charge is 0.478 e. The molecule has 0 spiro atoms. The molecule has 100 valence electrons. The van der Waals surface area contributed by atoms with Gasteiger partial charge in [-0.15, -0.1) is 0 Å². The molecule has 0 saturated heterocycles. The van der Waals surface area contributed by atoms with Gasteiger partial charge in [0, 0.05) is 29.2 Å². The average Bonchev–Trinajstić information content (AvgIpc) is 2.75. The van der Waals surface area contributed by atoms with Crippen molar-refractivity contribution in [3.8, 4) is 11.4 Å². The van der Waals surface area contributed by atoms with Crippen molar-refractivity contribution < 1.29 is 9.90 Å². The highest BCUT2D eigenvalue weighted by Crippen LogP contribution is 2.28. The topological polar surface area (TPSA) is 55.1 Å². The quantitative estimate of drug-likeness (QED) is 0.783. The van der Waals surface area contributed by atoms with Gasteiger partial charge in [-0.25, -0.2) is 4.79 Å². The molecular formula is C15H11ClN2O2. The second kappa shape index (κ2) is 4.65. The summed E-state index contributed by atoms with van der Waals surface area (Å²) in [6, 6.07) is 10.9. The first-order chi connectivity index (χ1) is 9.56. The number of benzene rings is 1. The Kier molecular flexibility index (Phi) is 2.95. The maximum Gasteiger partial charge on any atom is 0.337 e. The van der Waals surface area contributed by atoms with E-state index in [0.29, 0.717) is 5.02 Å². The first-order valence-corrected chi connectivity index (χ1v) is 6.39. The number of rotatable bonds is 2. The molecule has 0 unspecified atom stereocenters. The first-order valence-electron chi connectivity index (χ1n) is 6.01. The average molecular weight is 287 g/mol. The summed E-state index contributed by atoms with van der Waals surface area (Å²) in [6.07, 6.45) is 1.36. The zero-order valence-corrected chi connectivity index (χ0v) is 11.4. The molecule has 0 aliphatic heterocycles. The van der Waals surface area contributed by atoms with Gasteiger partial charge in [0.15, 0.2) is 0 Å². The smallest absolute Gasteiger partial charge is 0.337 e. The van der Waals surface area contributed by atoms with E-state index in [9.17, 15) is 4.79 Å². The predicted octanol–water partition coefficient (Wildman–Crippen LogP) is 3.59. The van der Waals surface area contributed by atoms with Crippen LogP contribution in [0.25, 0.3) is 22.3 Å². The van der Waals surface area contributed by atoms with Crippen molar-refractivity contribution in [2.75, 3.05) is 0 Å². The standard InChI is InChI=1S/C15H11ClN2O2/c1-18-13-5-3-11(16)6-10(13)7-14(18)12-4-2-9(8-17-12)15(19)20/h2-8H,1H3,(H,19,20). The van der Waals surface area contributed by atoms with Gasteiger partial charge >= 0.3 is 5.97 Å². The van der Waals surface area contributed by atoms with Gasteiger partial charge in [-0.2, -0.15) is 0 Å². The Morgan fingerprint density at radius 2 is 2.05 bits per heavy atom. The molecule has 20 heavy (non-hydrogen) atoms. The summed E-state index contributed by atoms with van der Waals surface area (Å²) in [5, 5.41) is 10.6. The van der Waals surface area contributed by atoms with Crippen molar-refractivity contribution in [2.45, 2.75) is 0 Å². The Balaban J connectivity index is 2.14. The molecule has 0 saturated carbocycles. The maximum absolute atomic E-state index is 10.8. The SMILES string of the molecule is Cn1c(-c2ccc(C(=O)O)cn2)cc2cc(Cl)ccc21. The monoisotopic (exact) mass is 286 g/mol. The highest BCUT2D eigenvalue weighted by Gasteiger charge is 2.10. The molecule has 3 aromatic rings. The number of fused-ring (bicyclic) bond motifs is 1. The lowest BCUT2D eigenvalue weighted by Gasteiger charge is -2.04. The van der Waals surface area contributed by atoms with Gasteiger partial charge in [-0.05, 0) is 36.4 Å². The number of aromatic nitrogens is 2. The zero-order chi connectivity index (χ0) is 14.3. The third kappa shape index (κ3) is 2.04. The van der Waals surface area contributed by atoms with Crippen LogP contribution in [0.15, 0.2) is 42.6 Å². The van der Waals surface area contributed by atoms with E-state index in [1.165, 1.54) is 6.20 Å². The summed E-state index contributed by atoms with van der Waals surface area (Å²) in [4.78, 5) is 15.0. The maximum atomic E-state index is 10.8. The number of aryl methyl sites for hydroxylation is 1. The lowest BCUT2D eigenvalue weighted by molar-refractivity contribution is 0.0696. The minimum atomic E-state index is -0.979. The van der Waals surface area contributed by atoms with Crippen molar-refractivity contribution in [1.29, 1.82) is 0 Å². The minimum absolute atomic E-state index is 0.176. The van der Waals surface area contributed by atoms with Gasteiger partial charge in [0.25, 0.3) is 0 Å². The molecule has 0 amide bonds. The first kappa shape index (κ1) is 12.7. The van der Waals surface area contributed by atoms with E-state index >= 15 is 0 Å². The number of carbonyl (C=O) groups is 1. The molecule has 0 radical (unpaired) electrons. The lowest BCUT2D eigenvalue weighted by atomic mass is 10.2. The van der Waals surface area contributed by atoms with E-state index in [-0.39, 0.29) is 5.56 Å². The molecule has 0 aliphatic carbocycles. The normalized spacial score (nSPS) is 10.9. The number of hydrogen-bond donors (Lipinski definition) is 1. The van der Waals surface area contributed by atoms with Gasteiger partial charge in [0.2, 0.25) is 0 Å². The molecule has 5 heteroatoms. The van der Waals surface area contributed by atoms with Gasteiger partial charge in [0.05, 0.1) is 17.0 Å². The molecule has 0 bridgehead atoms. The molecule has 1 aromatic carbocycles. The molecular weight excluding hydrogens is 276 g/mol. The predicted molar refractivity (Wildman–Crippen MR) is 78.1 cm³/mol. The number of aromatic carboxylic acids is 1. The van der Waals surface area contributed by atoms with Crippen molar-refractivity contribution in [1.82, 2.24) is 9.55 Å². The second-order valence-corrected chi connectivity index (χ2v) is 4.97. The van der Waals surface area contributed by atoms with E-state index in [2.05, 4.69) is 4.98 Å². The van der Waals surface area contributed by atoms with Crippen LogP contribution in [0.4, 0.5) is 0 Å². The fourth-order valence-electron chi connectivity index (χ4n) is 2.24. The van der Waals surface area contributed by atoms with Crippen LogP contribution in [0.3, 0.4) is 0 Å². The molecule has 4 nitrogen and oxygen atoms in total. The van der Waals surface area contributed by atoms with Crippen LogP contribution in [0, 0.1) is 0 Å². The number of halogens is 1. The summed E-state index contributed by atoms with van der Waals surface area (Å²) in [5.41, 5.74) is 2.87. The number of hydrogen-bond acceptors (Lipinski definition) is 2. The second-order valence-electron chi connectivity index (χ2n) is 4.53. The number of pyridine rings is 1. The van der Waals surface area contributed by atoms with E-state index in [4.69, 9.17) is 16.7 Å². The van der Waals surface area contributed by atoms with Gasteiger partial charge in [-0.3, -0.25) is 4.98 Å². The van der Waals surface area contributed by atoms with Gasteiger partial charge < -0.3 is 9.67 Å². The molecule has 0 aliphatic rings. The summed E-state index contributed by atoms with van der Waals surface area (Å²) in [5.74, 6) is -0.979. The van der Waals surface area contributed by atoms with Crippen LogP contribution in [0.5, 0.6) is 0 Å². The molecule has 2 heterocycles. The van der Waals surface area contributed by atoms with E-state index in [1.807, 2.05) is 35.9 Å². The Labute approximate surface area is 120 Å². The zero-order valence-electron chi connectivity index (χ0n) is 10.7. The Hall–Kier alpha value is -2.33. The molecule has 0 atom stereocenters. The summed E-state index contributed by atoms with van der Waals surface area (Å²) < 4.78 is 2.01. The molecule has 1 N–H and O–H groups in total. The highest BCUT2D eigenvalue weighted by molar-refractivity contribution is 6.31. The third-order valence-electron chi connectivity index (χ3n) is 3.28. The van der Waals surface area contributed by atoms with Crippen molar-refractivity contribution in [3.05, 3.63) is 53.2 Å². The van der Waals surface area contributed by atoms with E-state index < -0.39 is 5.97 Å². The van der Waals surface area contributed by atoms with E-state index in [1.54, 1.807) is 12.1 Å². The van der Waals surface area contributed by atoms with Gasteiger partial charge in [-0.1, -0.05) is 11.6 Å². The third-order valence-corrected chi connectivity index (χ3v) is 3.51. The number of carboxylic acids is 1. The van der Waals surface area contributed by atoms with Crippen LogP contribution in [0.1, 0.15) is 10.4 Å². The van der Waals surface area contributed by atoms with Crippen LogP contribution in [-0.4, -0.2) is 20.6 Å². The summed E-state index contributed by atoms with van der Waals surface area (Å²) in [6.45, 7) is 0.